The van der Waals surface area contributed by atoms with Crippen molar-refractivity contribution in [3.8, 4) is 5.88 Å². The molecule has 2 spiro atoms. The van der Waals surface area contributed by atoms with Crippen LogP contribution in [0.15, 0.2) is 17.2 Å². The number of aromatic nitrogens is 1. The third-order valence-corrected chi connectivity index (χ3v) is 7.76. The molecule has 8 heteroatoms. The van der Waals surface area contributed by atoms with Crippen LogP contribution >= 0.6 is 23.5 Å². The van der Waals surface area contributed by atoms with E-state index in [1.165, 1.54) is 19.5 Å². The number of likely N-dealkylation sites (tertiary alicyclic amines) is 1. The number of ether oxygens (including phenoxy) is 3. The monoisotopic (exact) mass is 411 g/mol. The largest absolute Gasteiger partial charge is 0.480 e. The summed E-state index contributed by atoms with van der Waals surface area (Å²) < 4.78 is 19.5. The first-order valence-corrected chi connectivity index (χ1v) is 10.8. The summed E-state index contributed by atoms with van der Waals surface area (Å²) in [4.78, 5) is 7.84. The van der Waals surface area contributed by atoms with Gasteiger partial charge in [0.05, 0.1) is 42.4 Å². The summed E-state index contributed by atoms with van der Waals surface area (Å²) in [6, 6.07) is 2.52. The third-order valence-electron chi connectivity index (χ3n) is 6.44. The summed E-state index contributed by atoms with van der Waals surface area (Å²) in [5.41, 5.74) is 0.553. The van der Waals surface area contributed by atoms with E-state index in [2.05, 4.69) is 14.2 Å². The van der Waals surface area contributed by atoms with Gasteiger partial charge in [0.15, 0.2) is 0 Å². The van der Waals surface area contributed by atoms with E-state index in [-0.39, 0.29) is 5.60 Å². The molecule has 5 rings (SSSR count). The Bertz CT molecular complexity index is 701. The van der Waals surface area contributed by atoms with Crippen LogP contribution in [0, 0.1) is 5.41 Å². The van der Waals surface area contributed by atoms with Gasteiger partial charge in [-0.2, -0.15) is 0 Å². The van der Waals surface area contributed by atoms with Gasteiger partial charge in [0.1, 0.15) is 0 Å². The average molecular weight is 412 g/mol. The zero-order valence-electron chi connectivity index (χ0n) is 15.7. The first kappa shape index (κ1) is 18.5. The molecule has 148 valence electrons. The van der Waals surface area contributed by atoms with E-state index in [0.29, 0.717) is 22.4 Å². The maximum absolute atomic E-state index is 6.37. The molecule has 0 aromatic carbocycles. The Morgan fingerprint density at radius 3 is 2.74 bits per heavy atom. The van der Waals surface area contributed by atoms with Gasteiger partial charge in [-0.15, -0.1) is 0 Å². The molecule has 6 nitrogen and oxygen atoms in total. The van der Waals surface area contributed by atoms with Crippen molar-refractivity contribution in [1.82, 2.24) is 14.2 Å². The molecule has 1 atom stereocenters. The zero-order chi connectivity index (χ0) is 18.5. The fourth-order valence-corrected chi connectivity index (χ4v) is 6.06. The van der Waals surface area contributed by atoms with Crippen molar-refractivity contribution in [3.05, 3.63) is 17.3 Å². The number of piperidine rings is 1. The summed E-state index contributed by atoms with van der Waals surface area (Å²) >= 11 is 7.79. The van der Waals surface area contributed by atoms with Gasteiger partial charge in [0.25, 0.3) is 0 Å². The fraction of sp³-hybridized carbons (Fsp3) is 0.737. The van der Waals surface area contributed by atoms with E-state index in [9.17, 15) is 0 Å². The van der Waals surface area contributed by atoms with Gasteiger partial charge in [-0.1, -0.05) is 11.6 Å². The lowest BCUT2D eigenvalue weighted by Gasteiger charge is -2.57. The predicted molar refractivity (Wildman–Crippen MR) is 104 cm³/mol. The van der Waals surface area contributed by atoms with Crippen LogP contribution in [0.25, 0.3) is 0 Å². The summed E-state index contributed by atoms with van der Waals surface area (Å²) in [6.45, 7) is 7.19. The number of nitrogens with zero attached hydrogens (tertiary/aromatic N) is 3. The Balaban J connectivity index is 1.15. The maximum atomic E-state index is 6.37. The molecular weight excluding hydrogens is 386 g/mol. The summed E-state index contributed by atoms with van der Waals surface area (Å²) in [5.74, 6) is 0.633. The smallest absolute Gasteiger partial charge is 0.228 e. The molecule has 0 amide bonds. The SMILES string of the molecule is COc1ncc(Cl)cc1SN1CCC2(CC1)CC(N1CC3(COC3)C1)CO2. The van der Waals surface area contributed by atoms with Crippen molar-refractivity contribution in [2.24, 2.45) is 5.41 Å². The molecule has 4 aliphatic heterocycles. The van der Waals surface area contributed by atoms with Crippen LogP contribution in [0.4, 0.5) is 0 Å². The standard InChI is InChI=1S/C19H26ClN3O3S/c1-24-17-16(6-14(20)8-21-17)27-23-4-2-19(3-5-23)7-15(9-26-19)22-10-18(11-22)12-25-13-18/h6,8,15H,2-5,7,9-13H2,1H3. The normalized spacial score (nSPS) is 29.6. The van der Waals surface area contributed by atoms with Gasteiger partial charge in [-0.3, -0.25) is 4.90 Å². The van der Waals surface area contributed by atoms with Gasteiger partial charge in [-0.05, 0) is 37.3 Å². The van der Waals surface area contributed by atoms with Crippen LogP contribution in [-0.2, 0) is 9.47 Å². The second-order valence-corrected chi connectivity index (χ2v) is 10.0. The molecule has 4 fully saturated rings. The highest BCUT2D eigenvalue weighted by molar-refractivity contribution is 7.97. The summed E-state index contributed by atoms with van der Waals surface area (Å²) in [5, 5.41) is 0.637. The Kier molecular flexibility index (Phi) is 4.81. The van der Waals surface area contributed by atoms with E-state index in [4.69, 9.17) is 25.8 Å². The maximum Gasteiger partial charge on any atom is 0.228 e. The van der Waals surface area contributed by atoms with E-state index >= 15 is 0 Å². The molecule has 0 aliphatic carbocycles. The molecule has 0 N–H and O–H groups in total. The molecule has 1 aromatic heterocycles. The number of pyridine rings is 1. The highest BCUT2D eigenvalue weighted by Crippen LogP contribution is 2.45. The van der Waals surface area contributed by atoms with Crippen LogP contribution in [0.1, 0.15) is 19.3 Å². The van der Waals surface area contributed by atoms with Gasteiger partial charge >= 0.3 is 0 Å². The highest BCUT2D eigenvalue weighted by Gasteiger charge is 2.54. The Labute approximate surface area is 169 Å². The van der Waals surface area contributed by atoms with Gasteiger partial charge < -0.3 is 14.2 Å². The van der Waals surface area contributed by atoms with Crippen molar-refractivity contribution < 1.29 is 14.2 Å². The Hall–Kier alpha value is -0.570. The molecule has 1 unspecified atom stereocenters. The highest BCUT2D eigenvalue weighted by atomic mass is 35.5. The lowest BCUT2D eigenvalue weighted by atomic mass is 9.76. The molecule has 4 aliphatic rings. The second kappa shape index (κ2) is 7.04. The number of rotatable bonds is 4. The van der Waals surface area contributed by atoms with Crippen LogP contribution in [0.5, 0.6) is 5.88 Å². The summed E-state index contributed by atoms with van der Waals surface area (Å²) in [7, 11) is 1.65. The first-order chi connectivity index (χ1) is 13.1. The van der Waals surface area contributed by atoms with Crippen LogP contribution in [0.3, 0.4) is 0 Å². The van der Waals surface area contributed by atoms with Crippen molar-refractivity contribution in [2.75, 3.05) is 53.1 Å². The number of methoxy groups -OCH3 is 1. The summed E-state index contributed by atoms with van der Waals surface area (Å²) in [6.07, 6.45) is 4.95. The molecule has 0 radical (unpaired) electrons. The van der Waals surface area contributed by atoms with E-state index in [0.717, 1.165) is 50.6 Å². The first-order valence-electron chi connectivity index (χ1n) is 9.67. The Morgan fingerprint density at radius 1 is 1.30 bits per heavy atom. The van der Waals surface area contributed by atoms with Crippen LogP contribution < -0.4 is 4.74 Å². The van der Waals surface area contributed by atoms with Crippen molar-refractivity contribution in [3.63, 3.8) is 0 Å². The van der Waals surface area contributed by atoms with Gasteiger partial charge in [-0.25, -0.2) is 9.29 Å². The third kappa shape index (κ3) is 3.47. The van der Waals surface area contributed by atoms with Crippen molar-refractivity contribution in [2.45, 2.75) is 35.8 Å². The van der Waals surface area contributed by atoms with E-state index in [1.54, 1.807) is 25.3 Å². The molecule has 0 bridgehead atoms. The second-order valence-electron chi connectivity index (χ2n) is 8.43. The number of halogens is 1. The van der Waals surface area contributed by atoms with Crippen molar-refractivity contribution in [1.29, 1.82) is 0 Å². The van der Waals surface area contributed by atoms with E-state index in [1.807, 2.05) is 6.07 Å². The Morgan fingerprint density at radius 2 is 2.07 bits per heavy atom. The van der Waals surface area contributed by atoms with E-state index < -0.39 is 0 Å². The molecule has 27 heavy (non-hydrogen) atoms. The van der Waals surface area contributed by atoms with Crippen molar-refractivity contribution >= 4 is 23.5 Å². The zero-order valence-corrected chi connectivity index (χ0v) is 17.2. The predicted octanol–water partition coefficient (Wildman–Crippen LogP) is 2.71. The fourth-order valence-electron chi connectivity index (χ4n) is 4.80. The topological polar surface area (TPSA) is 47.1 Å². The number of hydrogen-bond acceptors (Lipinski definition) is 7. The van der Waals surface area contributed by atoms with Crippen LogP contribution in [-0.4, -0.2) is 78.9 Å². The number of hydrogen-bond donors (Lipinski definition) is 0. The molecule has 1 aromatic rings. The minimum absolute atomic E-state index is 0.0667. The lowest BCUT2D eigenvalue weighted by Crippen LogP contribution is -2.68. The molecular formula is C19H26ClN3O3S. The quantitative estimate of drug-likeness (QED) is 0.706. The minimum Gasteiger partial charge on any atom is -0.480 e. The van der Waals surface area contributed by atoms with Crippen LogP contribution in [0.2, 0.25) is 5.02 Å². The molecule has 5 heterocycles. The molecule has 4 saturated heterocycles. The lowest BCUT2D eigenvalue weighted by molar-refractivity contribution is -0.197. The van der Waals surface area contributed by atoms with Gasteiger partial charge in [0.2, 0.25) is 5.88 Å². The van der Waals surface area contributed by atoms with Gasteiger partial charge in [0, 0.05) is 43.8 Å². The average Bonchev–Trinajstić information content (AvgIpc) is 2.99. The minimum atomic E-state index is 0.0667. The molecule has 0 saturated carbocycles.